The second-order valence-electron chi connectivity index (χ2n) is 9.87. The van der Waals surface area contributed by atoms with Gasteiger partial charge in [-0.05, 0) is 64.7 Å². The number of nitrogens with one attached hydrogen (secondary N) is 1. The van der Waals surface area contributed by atoms with Crippen molar-refractivity contribution >= 4 is 45.8 Å². The van der Waals surface area contributed by atoms with Gasteiger partial charge in [-0.3, -0.25) is 14.9 Å². The quantitative estimate of drug-likeness (QED) is 0.340. The van der Waals surface area contributed by atoms with Crippen molar-refractivity contribution in [1.29, 1.82) is 0 Å². The van der Waals surface area contributed by atoms with Gasteiger partial charge in [-0.1, -0.05) is 0 Å². The molecule has 0 aliphatic rings. The summed E-state index contributed by atoms with van der Waals surface area (Å²) in [5.41, 5.74) is 1.24. The van der Waals surface area contributed by atoms with Crippen molar-refractivity contribution in [3.63, 3.8) is 0 Å². The van der Waals surface area contributed by atoms with E-state index in [1.54, 1.807) is 45.0 Å². The first-order valence-corrected chi connectivity index (χ1v) is 12.7. The number of rotatable bonds is 9. The molecular formula is C26H32N6O4S. The van der Waals surface area contributed by atoms with Crippen molar-refractivity contribution in [2.45, 2.75) is 39.3 Å². The first-order valence-electron chi connectivity index (χ1n) is 11.9. The van der Waals surface area contributed by atoms with Crippen LogP contribution in [0.3, 0.4) is 0 Å². The summed E-state index contributed by atoms with van der Waals surface area (Å²) in [4.78, 5) is 39.2. The van der Waals surface area contributed by atoms with E-state index in [2.05, 4.69) is 15.3 Å². The summed E-state index contributed by atoms with van der Waals surface area (Å²) in [6, 6.07) is 9.13. The minimum absolute atomic E-state index is 0.0465. The SMILES string of the molecule is Cc1ncc(-c2ccc(C(=O)Nc3nc4cc(N(C)C(=O)CN(C)C)ccc4n3CCC(C)(C)O)s2)o1. The van der Waals surface area contributed by atoms with Crippen LogP contribution in [-0.2, 0) is 11.3 Å². The van der Waals surface area contributed by atoms with Gasteiger partial charge in [-0.25, -0.2) is 9.97 Å². The van der Waals surface area contributed by atoms with Crippen LogP contribution < -0.4 is 10.2 Å². The largest absolute Gasteiger partial charge is 0.440 e. The summed E-state index contributed by atoms with van der Waals surface area (Å²) in [5, 5.41) is 13.2. The Labute approximate surface area is 219 Å². The summed E-state index contributed by atoms with van der Waals surface area (Å²) in [6.45, 7) is 5.98. The van der Waals surface area contributed by atoms with E-state index < -0.39 is 5.60 Å². The molecular weight excluding hydrogens is 492 g/mol. The fourth-order valence-corrected chi connectivity index (χ4v) is 4.63. The van der Waals surface area contributed by atoms with Crippen molar-refractivity contribution in [2.75, 3.05) is 37.9 Å². The summed E-state index contributed by atoms with van der Waals surface area (Å²) in [6.07, 6.45) is 2.09. The van der Waals surface area contributed by atoms with Gasteiger partial charge in [0.1, 0.15) is 0 Å². The minimum Gasteiger partial charge on any atom is -0.440 e. The van der Waals surface area contributed by atoms with Crippen LogP contribution >= 0.6 is 11.3 Å². The fourth-order valence-electron chi connectivity index (χ4n) is 3.79. The molecule has 196 valence electrons. The Hall–Kier alpha value is -3.54. The number of anilines is 2. The number of aromatic nitrogens is 3. The normalized spacial score (nSPS) is 11.9. The number of likely N-dealkylation sites (N-methyl/N-ethyl adjacent to an activating group) is 2. The molecule has 2 amide bonds. The van der Waals surface area contributed by atoms with E-state index >= 15 is 0 Å². The summed E-state index contributed by atoms with van der Waals surface area (Å²) in [5.74, 6) is 1.19. The molecule has 0 radical (unpaired) electrons. The molecule has 4 aromatic rings. The molecule has 2 N–H and O–H groups in total. The molecule has 4 rings (SSSR count). The van der Waals surface area contributed by atoms with Crippen LogP contribution in [0, 0.1) is 6.92 Å². The lowest BCUT2D eigenvalue weighted by atomic mass is 10.1. The van der Waals surface area contributed by atoms with Crippen LogP contribution in [0.4, 0.5) is 11.6 Å². The first kappa shape index (κ1) is 26.5. The Morgan fingerprint density at radius 2 is 1.95 bits per heavy atom. The van der Waals surface area contributed by atoms with Gasteiger partial charge in [0.2, 0.25) is 11.9 Å². The molecule has 0 aliphatic carbocycles. The summed E-state index contributed by atoms with van der Waals surface area (Å²) < 4.78 is 7.45. The molecule has 0 saturated carbocycles. The van der Waals surface area contributed by atoms with E-state index in [1.807, 2.05) is 47.8 Å². The molecule has 0 fully saturated rings. The third-order valence-corrected chi connectivity index (χ3v) is 6.91. The average molecular weight is 525 g/mol. The van der Waals surface area contributed by atoms with Crippen LogP contribution in [0.2, 0.25) is 0 Å². The molecule has 10 nitrogen and oxygen atoms in total. The fraction of sp³-hybridized carbons (Fsp3) is 0.385. The van der Waals surface area contributed by atoms with Gasteiger partial charge in [0, 0.05) is 26.2 Å². The van der Waals surface area contributed by atoms with Gasteiger partial charge >= 0.3 is 0 Å². The Bertz CT molecular complexity index is 1430. The maximum absolute atomic E-state index is 13.2. The molecule has 0 atom stereocenters. The van der Waals surface area contributed by atoms with Gasteiger partial charge in [0.25, 0.3) is 5.91 Å². The van der Waals surface area contributed by atoms with Gasteiger partial charge in [0.05, 0.1) is 39.1 Å². The van der Waals surface area contributed by atoms with Gasteiger partial charge < -0.3 is 23.9 Å². The number of hydrogen-bond acceptors (Lipinski definition) is 8. The molecule has 0 spiro atoms. The standard InChI is InChI=1S/C26H32N6O4S/c1-16-27-14-20(36-16)21-9-10-22(37-21)24(34)29-25-28-18-13-17(31(6)23(33)15-30(4)5)7-8-19(18)32(25)12-11-26(2,3)35/h7-10,13-14,35H,11-12,15H2,1-6H3,(H,28,29,34). The van der Waals surface area contributed by atoms with Crippen LogP contribution in [-0.4, -0.2) is 69.6 Å². The molecule has 0 saturated heterocycles. The molecule has 1 aromatic carbocycles. The van der Waals surface area contributed by atoms with Crippen molar-refractivity contribution < 1.29 is 19.1 Å². The second-order valence-corrected chi connectivity index (χ2v) is 11.0. The molecule has 0 aliphatic heterocycles. The van der Waals surface area contributed by atoms with Crippen LogP contribution in [0.25, 0.3) is 21.7 Å². The topological polar surface area (TPSA) is 117 Å². The summed E-state index contributed by atoms with van der Waals surface area (Å²) >= 11 is 1.30. The number of oxazole rings is 1. The highest BCUT2D eigenvalue weighted by Gasteiger charge is 2.21. The molecule has 11 heteroatoms. The summed E-state index contributed by atoms with van der Waals surface area (Å²) in [7, 11) is 5.42. The van der Waals surface area contributed by atoms with Crippen molar-refractivity contribution in [2.24, 2.45) is 0 Å². The van der Waals surface area contributed by atoms with Crippen LogP contribution in [0.1, 0.15) is 35.8 Å². The zero-order valence-corrected chi connectivity index (χ0v) is 22.7. The number of carbonyl (C=O) groups excluding carboxylic acids is 2. The van der Waals surface area contributed by atoms with E-state index in [0.717, 1.165) is 10.4 Å². The number of imidazole rings is 1. The minimum atomic E-state index is -0.894. The van der Waals surface area contributed by atoms with Crippen LogP contribution in [0.5, 0.6) is 0 Å². The lowest BCUT2D eigenvalue weighted by molar-refractivity contribution is -0.118. The Morgan fingerprint density at radius 1 is 1.19 bits per heavy atom. The van der Waals surface area contributed by atoms with E-state index in [9.17, 15) is 14.7 Å². The van der Waals surface area contributed by atoms with E-state index in [-0.39, 0.29) is 18.4 Å². The monoisotopic (exact) mass is 524 g/mol. The smallest absolute Gasteiger partial charge is 0.268 e. The average Bonchev–Trinajstić information content (AvgIpc) is 3.54. The van der Waals surface area contributed by atoms with Crippen LogP contribution in [0.15, 0.2) is 40.9 Å². The zero-order valence-electron chi connectivity index (χ0n) is 21.9. The predicted octanol–water partition coefficient (Wildman–Crippen LogP) is 4.00. The number of carbonyl (C=O) groups is 2. The van der Waals surface area contributed by atoms with Crippen molar-refractivity contribution in [1.82, 2.24) is 19.4 Å². The first-order chi connectivity index (χ1) is 17.4. The predicted molar refractivity (Wildman–Crippen MR) is 145 cm³/mol. The molecule has 0 bridgehead atoms. The third-order valence-electron chi connectivity index (χ3n) is 5.81. The lowest BCUT2D eigenvalue weighted by Gasteiger charge is -2.20. The third kappa shape index (κ3) is 6.24. The number of hydrogen-bond donors (Lipinski definition) is 2. The van der Waals surface area contributed by atoms with Crippen molar-refractivity contribution in [3.8, 4) is 10.6 Å². The van der Waals surface area contributed by atoms with E-state index in [4.69, 9.17) is 4.42 Å². The Kier molecular flexibility index (Phi) is 7.49. The number of aryl methyl sites for hydroxylation is 2. The molecule has 3 heterocycles. The number of fused-ring (bicyclic) bond motifs is 1. The van der Waals surface area contributed by atoms with E-state index in [1.165, 1.54) is 11.3 Å². The van der Waals surface area contributed by atoms with E-state index in [0.29, 0.717) is 46.6 Å². The number of amides is 2. The second kappa shape index (κ2) is 10.4. The maximum Gasteiger partial charge on any atom is 0.268 e. The number of nitrogens with zero attached hydrogens (tertiary/aromatic N) is 5. The highest BCUT2D eigenvalue weighted by Crippen LogP contribution is 2.30. The number of benzene rings is 1. The molecule has 0 unspecified atom stereocenters. The molecule has 37 heavy (non-hydrogen) atoms. The highest BCUT2D eigenvalue weighted by molar-refractivity contribution is 7.17. The maximum atomic E-state index is 13.2. The zero-order chi connectivity index (χ0) is 26.9. The Balaban J connectivity index is 1.64. The molecule has 3 aromatic heterocycles. The van der Waals surface area contributed by atoms with Gasteiger partial charge in [-0.15, -0.1) is 11.3 Å². The van der Waals surface area contributed by atoms with Gasteiger partial charge in [0.15, 0.2) is 11.7 Å². The van der Waals surface area contributed by atoms with Gasteiger partial charge in [-0.2, -0.15) is 0 Å². The Morgan fingerprint density at radius 3 is 2.59 bits per heavy atom. The highest BCUT2D eigenvalue weighted by atomic mass is 32.1. The number of thiophene rings is 1. The van der Waals surface area contributed by atoms with Crippen molar-refractivity contribution in [3.05, 3.63) is 47.3 Å². The lowest BCUT2D eigenvalue weighted by Crippen LogP contribution is -2.34. The number of aliphatic hydroxyl groups is 1.